The highest BCUT2D eigenvalue weighted by atomic mass is 16.6. The number of methoxy groups -OCH3 is 1. The van der Waals surface area contributed by atoms with Gasteiger partial charge in [0.15, 0.2) is 5.54 Å². The molecular formula is C25H27N5O7. The second-order valence-corrected chi connectivity index (χ2v) is 8.49. The van der Waals surface area contributed by atoms with E-state index < -0.39 is 23.6 Å². The number of ether oxygens (including phenoxy) is 2. The summed E-state index contributed by atoms with van der Waals surface area (Å²) in [4.78, 5) is 58.6. The first kappa shape index (κ1) is 25.5. The predicted octanol–water partition coefficient (Wildman–Crippen LogP) is 2.29. The highest BCUT2D eigenvalue weighted by Gasteiger charge is 2.56. The first-order valence-corrected chi connectivity index (χ1v) is 11.5. The fourth-order valence-electron chi connectivity index (χ4n) is 4.11. The van der Waals surface area contributed by atoms with Crippen LogP contribution in [0.25, 0.3) is 11.0 Å². The minimum atomic E-state index is -1.74. The van der Waals surface area contributed by atoms with Gasteiger partial charge in [-0.3, -0.25) is 19.5 Å². The number of benzene rings is 1. The van der Waals surface area contributed by atoms with Gasteiger partial charge in [0, 0.05) is 31.4 Å². The largest absolute Gasteiger partial charge is 0.497 e. The van der Waals surface area contributed by atoms with Gasteiger partial charge in [0.2, 0.25) is 6.41 Å². The van der Waals surface area contributed by atoms with E-state index in [-0.39, 0.29) is 32.1 Å². The van der Waals surface area contributed by atoms with Crippen LogP contribution < -0.4 is 10.1 Å². The van der Waals surface area contributed by atoms with Crippen molar-refractivity contribution >= 4 is 35.4 Å². The van der Waals surface area contributed by atoms with E-state index in [0.717, 1.165) is 15.4 Å². The maximum atomic E-state index is 13.8. The second kappa shape index (κ2) is 10.6. The second-order valence-electron chi connectivity index (χ2n) is 8.49. The van der Waals surface area contributed by atoms with Crippen molar-refractivity contribution < 1.29 is 33.1 Å². The number of furan rings is 1. The number of urea groups is 1. The molecule has 0 spiro atoms. The van der Waals surface area contributed by atoms with Gasteiger partial charge in [0.1, 0.15) is 23.8 Å². The Kier molecular flexibility index (Phi) is 7.27. The van der Waals surface area contributed by atoms with Crippen LogP contribution in [-0.4, -0.2) is 78.1 Å². The molecule has 1 aliphatic heterocycles. The first-order chi connectivity index (χ1) is 17.8. The number of carbonyl (C=O) groups excluding carboxylic acids is 4. The van der Waals surface area contributed by atoms with Gasteiger partial charge in [-0.05, 0) is 36.8 Å². The van der Waals surface area contributed by atoms with Crippen molar-refractivity contribution in [3.05, 3.63) is 60.1 Å². The normalized spacial score (nSPS) is 17.0. The molecule has 1 N–H and O–H groups in total. The SMILES string of the molecule is CCOC(=O)N(C)CN1C(=O)N[C@@](CN(C=O)Cc2ccc(OC)cc2)(c2cc3cnccc3o2)C1=O. The van der Waals surface area contributed by atoms with Crippen LogP contribution in [0.2, 0.25) is 0 Å². The van der Waals surface area contributed by atoms with Crippen LogP contribution in [0.5, 0.6) is 5.75 Å². The lowest BCUT2D eigenvalue weighted by Gasteiger charge is -2.30. The van der Waals surface area contributed by atoms with Crippen LogP contribution >= 0.6 is 0 Å². The van der Waals surface area contributed by atoms with Crippen molar-refractivity contribution in [1.82, 2.24) is 25.0 Å². The molecular weight excluding hydrogens is 482 g/mol. The number of hydrogen-bond donors (Lipinski definition) is 1. The summed E-state index contributed by atoms with van der Waals surface area (Å²) < 4.78 is 16.1. The Bertz CT molecular complexity index is 1280. The maximum Gasteiger partial charge on any atom is 0.410 e. The summed E-state index contributed by atoms with van der Waals surface area (Å²) in [5.41, 5.74) is -0.493. The topological polar surface area (TPSA) is 135 Å². The Labute approximate surface area is 212 Å². The number of nitrogens with one attached hydrogen (secondary N) is 1. The fraction of sp³-hybridized carbons (Fsp3) is 0.320. The number of imide groups is 1. The number of nitrogens with zero attached hydrogens (tertiary/aromatic N) is 4. The molecule has 0 saturated carbocycles. The summed E-state index contributed by atoms with van der Waals surface area (Å²) in [5.74, 6) is 0.118. The summed E-state index contributed by atoms with van der Waals surface area (Å²) in [7, 11) is 2.96. The summed E-state index contributed by atoms with van der Waals surface area (Å²) in [5, 5.41) is 3.33. The van der Waals surface area contributed by atoms with E-state index >= 15 is 0 Å². The van der Waals surface area contributed by atoms with Gasteiger partial charge in [-0.25, -0.2) is 14.5 Å². The molecule has 0 aliphatic carbocycles. The van der Waals surface area contributed by atoms with E-state index in [4.69, 9.17) is 13.9 Å². The highest BCUT2D eigenvalue weighted by Crippen LogP contribution is 2.34. The molecule has 37 heavy (non-hydrogen) atoms. The summed E-state index contributed by atoms with van der Waals surface area (Å²) in [6, 6.07) is 9.61. The third-order valence-corrected chi connectivity index (χ3v) is 5.98. The Morgan fingerprint density at radius 3 is 2.65 bits per heavy atom. The molecule has 4 rings (SSSR count). The molecule has 2 aromatic heterocycles. The Hall–Kier alpha value is -4.61. The number of fused-ring (bicyclic) bond motifs is 1. The van der Waals surface area contributed by atoms with E-state index in [9.17, 15) is 19.2 Å². The van der Waals surface area contributed by atoms with Gasteiger partial charge in [-0.1, -0.05) is 12.1 Å². The molecule has 1 aliphatic rings. The quantitative estimate of drug-likeness (QED) is 0.325. The number of pyridine rings is 1. The highest BCUT2D eigenvalue weighted by molar-refractivity contribution is 6.08. The van der Waals surface area contributed by atoms with Gasteiger partial charge >= 0.3 is 12.1 Å². The third-order valence-electron chi connectivity index (χ3n) is 5.98. The molecule has 12 nitrogen and oxygen atoms in total. The van der Waals surface area contributed by atoms with Crippen LogP contribution in [0.1, 0.15) is 18.2 Å². The van der Waals surface area contributed by atoms with E-state index in [1.54, 1.807) is 62.8 Å². The molecule has 1 fully saturated rings. The average Bonchev–Trinajstić information content (AvgIpc) is 3.44. The van der Waals surface area contributed by atoms with E-state index in [1.165, 1.54) is 11.9 Å². The zero-order valence-electron chi connectivity index (χ0n) is 20.7. The maximum absolute atomic E-state index is 13.8. The minimum Gasteiger partial charge on any atom is -0.497 e. The van der Waals surface area contributed by atoms with Crippen LogP contribution in [0.4, 0.5) is 9.59 Å². The summed E-state index contributed by atoms with van der Waals surface area (Å²) >= 11 is 0. The summed E-state index contributed by atoms with van der Waals surface area (Å²) in [6.45, 7) is 1.37. The van der Waals surface area contributed by atoms with E-state index in [2.05, 4.69) is 10.3 Å². The molecule has 3 heterocycles. The zero-order valence-corrected chi connectivity index (χ0v) is 20.7. The van der Waals surface area contributed by atoms with E-state index in [0.29, 0.717) is 23.1 Å². The Balaban J connectivity index is 1.68. The average molecular weight is 510 g/mol. The van der Waals surface area contributed by atoms with Gasteiger partial charge in [0.05, 0.1) is 20.3 Å². The van der Waals surface area contributed by atoms with Gasteiger partial charge in [0.25, 0.3) is 5.91 Å². The van der Waals surface area contributed by atoms with Crippen molar-refractivity contribution in [2.45, 2.75) is 19.0 Å². The van der Waals surface area contributed by atoms with Crippen LogP contribution in [0.3, 0.4) is 0 Å². The zero-order chi connectivity index (χ0) is 26.6. The smallest absolute Gasteiger partial charge is 0.410 e. The van der Waals surface area contributed by atoms with E-state index in [1.807, 2.05) is 0 Å². The lowest BCUT2D eigenvalue weighted by Crippen LogP contribution is -2.52. The predicted molar refractivity (Wildman–Crippen MR) is 130 cm³/mol. The molecule has 0 radical (unpaired) electrons. The van der Waals surface area contributed by atoms with Crippen LogP contribution in [0, 0.1) is 0 Å². The number of rotatable bonds is 10. The lowest BCUT2D eigenvalue weighted by molar-refractivity contribution is -0.135. The number of amides is 5. The lowest BCUT2D eigenvalue weighted by atomic mass is 9.94. The van der Waals surface area contributed by atoms with Crippen molar-refractivity contribution in [2.75, 3.05) is 34.0 Å². The monoisotopic (exact) mass is 509 g/mol. The number of carbonyl (C=O) groups is 4. The van der Waals surface area contributed by atoms with Crippen molar-refractivity contribution in [1.29, 1.82) is 0 Å². The Morgan fingerprint density at radius 2 is 2.00 bits per heavy atom. The van der Waals surface area contributed by atoms with Gasteiger partial charge in [-0.2, -0.15) is 0 Å². The molecule has 3 aromatic rings. The third kappa shape index (κ3) is 5.03. The molecule has 1 saturated heterocycles. The molecule has 1 atom stereocenters. The first-order valence-electron chi connectivity index (χ1n) is 11.5. The standard InChI is InChI=1S/C25H27N5O7/c1-4-36-24(34)28(2)15-30-22(32)25(27-23(30)33,21-11-18-12-26-10-9-20(18)37-21)14-29(16-31)13-17-5-7-19(35-3)8-6-17/h5-12,16H,4,13-15H2,1-3H3,(H,27,33)/t25-/m0/s1. The van der Waals surface area contributed by atoms with Crippen molar-refractivity contribution in [3.63, 3.8) is 0 Å². The minimum absolute atomic E-state index is 0.136. The van der Waals surface area contributed by atoms with Crippen molar-refractivity contribution in [2.24, 2.45) is 0 Å². The van der Waals surface area contributed by atoms with Crippen LogP contribution in [0.15, 0.2) is 53.2 Å². The molecule has 1 aromatic carbocycles. The summed E-state index contributed by atoms with van der Waals surface area (Å²) in [6.07, 6.45) is 3.02. The van der Waals surface area contributed by atoms with Gasteiger partial charge < -0.3 is 24.1 Å². The molecule has 0 unspecified atom stereocenters. The Morgan fingerprint density at radius 1 is 1.24 bits per heavy atom. The van der Waals surface area contributed by atoms with Gasteiger partial charge in [-0.15, -0.1) is 0 Å². The number of aromatic nitrogens is 1. The molecule has 12 heteroatoms. The van der Waals surface area contributed by atoms with Crippen LogP contribution in [-0.2, 0) is 26.4 Å². The molecule has 0 bridgehead atoms. The molecule has 5 amide bonds. The molecule has 194 valence electrons. The van der Waals surface area contributed by atoms with Crippen molar-refractivity contribution in [3.8, 4) is 5.75 Å². The number of hydrogen-bond acceptors (Lipinski definition) is 8. The fourth-order valence-corrected chi connectivity index (χ4v) is 4.11.